The predicted molar refractivity (Wildman–Crippen MR) is 84.6 cm³/mol. The number of H-pyrrole nitrogens is 1. The molecule has 0 amide bonds. The van der Waals surface area contributed by atoms with Crippen LogP contribution in [0, 0.1) is 5.82 Å². The molecule has 0 aliphatic rings. The van der Waals surface area contributed by atoms with Crippen LogP contribution in [0.2, 0.25) is 0 Å². The fraction of sp³-hybridized carbons (Fsp3) is 0.133. The number of nitrogens with one attached hydrogen (secondary N) is 1. The van der Waals surface area contributed by atoms with Gasteiger partial charge < -0.3 is 4.98 Å². The molecule has 4 nitrogen and oxygen atoms in total. The number of hydrogen-bond donors (Lipinski definition) is 1. The zero-order valence-corrected chi connectivity index (χ0v) is 13.1. The van der Waals surface area contributed by atoms with Gasteiger partial charge in [-0.05, 0) is 34.1 Å². The number of halogens is 2. The minimum atomic E-state index is -0.456. The minimum Gasteiger partial charge on any atom is -0.306 e. The van der Waals surface area contributed by atoms with Gasteiger partial charge in [-0.2, -0.15) is 0 Å². The zero-order chi connectivity index (χ0) is 15.4. The van der Waals surface area contributed by atoms with E-state index in [0.717, 1.165) is 0 Å². The molecule has 1 N–H and O–H groups in total. The molecule has 3 aromatic rings. The van der Waals surface area contributed by atoms with Crippen LogP contribution in [0.15, 0.2) is 45.9 Å². The Bertz CT molecular complexity index is 818. The minimum absolute atomic E-state index is 0.237. The Kier molecular flexibility index (Phi) is 4.80. The van der Waals surface area contributed by atoms with Crippen molar-refractivity contribution in [2.75, 3.05) is 0 Å². The zero-order valence-electron chi connectivity index (χ0n) is 11.5. The second-order valence-corrected chi connectivity index (χ2v) is 4.79. The van der Waals surface area contributed by atoms with E-state index >= 15 is 0 Å². The number of benzene rings is 1. The first-order chi connectivity index (χ1) is 10.1. The number of rotatable bonds is 1. The van der Waals surface area contributed by atoms with Crippen molar-refractivity contribution in [2.45, 2.75) is 13.8 Å². The summed E-state index contributed by atoms with van der Waals surface area (Å²) in [7, 11) is 0. The molecule has 0 radical (unpaired) electrons. The Morgan fingerprint density at radius 3 is 2.71 bits per heavy atom. The summed E-state index contributed by atoms with van der Waals surface area (Å²) in [5, 5.41) is 0.334. The van der Waals surface area contributed by atoms with Crippen LogP contribution in [-0.2, 0) is 0 Å². The van der Waals surface area contributed by atoms with Gasteiger partial charge in [0.05, 0.1) is 15.4 Å². The number of hydrogen-bond acceptors (Lipinski definition) is 3. The molecule has 2 aromatic heterocycles. The summed E-state index contributed by atoms with van der Waals surface area (Å²) >= 11 is 3.05. The van der Waals surface area contributed by atoms with E-state index in [-0.39, 0.29) is 10.0 Å². The number of aromatic nitrogens is 3. The Hall–Kier alpha value is -2.08. The van der Waals surface area contributed by atoms with Crippen LogP contribution < -0.4 is 5.56 Å². The fourth-order valence-electron chi connectivity index (χ4n) is 1.77. The molecule has 0 atom stereocenters. The SMILES string of the molecule is CC.O=c1[nH]c(-c2cccnc2)nc2cc(F)c(Br)cc12. The molecule has 2 heterocycles. The third-order valence-corrected chi connectivity index (χ3v) is 3.29. The van der Waals surface area contributed by atoms with Gasteiger partial charge in [0.15, 0.2) is 0 Å². The number of nitrogens with zero attached hydrogens (tertiary/aromatic N) is 2. The average Bonchev–Trinajstić information content (AvgIpc) is 2.52. The molecule has 21 heavy (non-hydrogen) atoms. The lowest BCUT2D eigenvalue weighted by Gasteiger charge is -2.03. The molecule has 0 aliphatic carbocycles. The first-order valence-electron chi connectivity index (χ1n) is 6.44. The summed E-state index contributed by atoms with van der Waals surface area (Å²) < 4.78 is 13.7. The van der Waals surface area contributed by atoms with Gasteiger partial charge in [0.1, 0.15) is 11.6 Å². The fourth-order valence-corrected chi connectivity index (χ4v) is 2.12. The number of fused-ring (bicyclic) bond motifs is 1. The molecule has 0 saturated heterocycles. The first-order valence-corrected chi connectivity index (χ1v) is 7.24. The van der Waals surface area contributed by atoms with E-state index in [0.29, 0.717) is 22.3 Å². The van der Waals surface area contributed by atoms with Crippen LogP contribution in [0.25, 0.3) is 22.3 Å². The maximum absolute atomic E-state index is 13.5. The van der Waals surface area contributed by atoms with Crippen LogP contribution in [0.3, 0.4) is 0 Å². The van der Waals surface area contributed by atoms with Gasteiger partial charge in [-0.25, -0.2) is 9.37 Å². The molecule has 0 unspecified atom stereocenters. The molecule has 0 bridgehead atoms. The van der Waals surface area contributed by atoms with E-state index < -0.39 is 5.82 Å². The molecule has 0 fully saturated rings. The molecule has 108 valence electrons. The van der Waals surface area contributed by atoms with Crippen LogP contribution in [-0.4, -0.2) is 15.0 Å². The van der Waals surface area contributed by atoms with E-state index in [1.165, 1.54) is 12.1 Å². The van der Waals surface area contributed by atoms with Crippen molar-refractivity contribution in [3.8, 4) is 11.4 Å². The van der Waals surface area contributed by atoms with Crippen LogP contribution in [0.4, 0.5) is 4.39 Å². The van der Waals surface area contributed by atoms with E-state index in [4.69, 9.17) is 0 Å². The monoisotopic (exact) mass is 349 g/mol. The normalized spacial score (nSPS) is 10.1. The van der Waals surface area contributed by atoms with Gasteiger partial charge in [0.25, 0.3) is 5.56 Å². The molecule has 0 spiro atoms. The van der Waals surface area contributed by atoms with Crippen molar-refractivity contribution < 1.29 is 4.39 Å². The molecule has 0 saturated carbocycles. The molecular weight excluding hydrogens is 337 g/mol. The van der Waals surface area contributed by atoms with Crippen molar-refractivity contribution in [1.82, 2.24) is 15.0 Å². The highest BCUT2D eigenvalue weighted by Crippen LogP contribution is 2.21. The maximum Gasteiger partial charge on any atom is 0.259 e. The highest BCUT2D eigenvalue weighted by atomic mass is 79.9. The third-order valence-electron chi connectivity index (χ3n) is 2.68. The smallest absolute Gasteiger partial charge is 0.259 e. The topological polar surface area (TPSA) is 58.6 Å². The van der Waals surface area contributed by atoms with Gasteiger partial charge in [0, 0.05) is 24.0 Å². The van der Waals surface area contributed by atoms with Crippen LogP contribution >= 0.6 is 15.9 Å². The van der Waals surface area contributed by atoms with Gasteiger partial charge in [-0.1, -0.05) is 13.8 Å². The lowest BCUT2D eigenvalue weighted by Crippen LogP contribution is -2.10. The molecule has 0 aliphatic heterocycles. The molecular formula is C15H13BrFN3O. The molecule has 3 rings (SSSR count). The van der Waals surface area contributed by atoms with E-state index in [2.05, 4.69) is 30.9 Å². The van der Waals surface area contributed by atoms with Gasteiger partial charge >= 0.3 is 0 Å². The largest absolute Gasteiger partial charge is 0.306 e. The van der Waals surface area contributed by atoms with Gasteiger partial charge in [-0.15, -0.1) is 0 Å². The highest BCUT2D eigenvalue weighted by molar-refractivity contribution is 9.10. The van der Waals surface area contributed by atoms with Crippen molar-refractivity contribution in [1.29, 1.82) is 0 Å². The van der Waals surface area contributed by atoms with E-state index in [1.807, 2.05) is 13.8 Å². The van der Waals surface area contributed by atoms with Crippen LogP contribution in [0.1, 0.15) is 13.8 Å². The number of pyridine rings is 1. The molecule has 1 aromatic carbocycles. The number of aromatic amines is 1. The Labute approximate surface area is 129 Å². The summed E-state index contributed by atoms with van der Waals surface area (Å²) in [4.78, 5) is 22.9. The lowest BCUT2D eigenvalue weighted by atomic mass is 10.2. The van der Waals surface area contributed by atoms with E-state index in [1.54, 1.807) is 24.5 Å². The Morgan fingerprint density at radius 2 is 2.05 bits per heavy atom. The van der Waals surface area contributed by atoms with Gasteiger partial charge in [0.2, 0.25) is 0 Å². The standard InChI is InChI=1S/C13H7BrFN3O.C2H6/c14-9-4-8-11(5-10(9)15)17-12(18-13(8)19)7-2-1-3-16-6-7;1-2/h1-6H,(H,17,18,19);1-2H3. The average molecular weight is 350 g/mol. The van der Waals surface area contributed by atoms with Crippen molar-refractivity contribution in [3.05, 3.63) is 57.3 Å². The third kappa shape index (κ3) is 3.16. The van der Waals surface area contributed by atoms with Crippen molar-refractivity contribution >= 4 is 26.8 Å². The summed E-state index contributed by atoms with van der Waals surface area (Å²) in [5.74, 6) is -0.0879. The summed E-state index contributed by atoms with van der Waals surface area (Å²) in [6, 6.07) is 6.16. The maximum atomic E-state index is 13.5. The van der Waals surface area contributed by atoms with Crippen molar-refractivity contribution in [3.63, 3.8) is 0 Å². The van der Waals surface area contributed by atoms with Crippen molar-refractivity contribution in [2.24, 2.45) is 0 Å². The summed E-state index contributed by atoms with van der Waals surface area (Å²) in [5.41, 5.74) is 0.665. The predicted octanol–water partition coefficient (Wildman–Crippen LogP) is 3.91. The van der Waals surface area contributed by atoms with Crippen LogP contribution in [0.5, 0.6) is 0 Å². The van der Waals surface area contributed by atoms with E-state index in [9.17, 15) is 9.18 Å². The first kappa shape index (κ1) is 15.3. The lowest BCUT2D eigenvalue weighted by molar-refractivity contribution is 0.622. The molecule has 6 heteroatoms. The Balaban J connectivity index is 0.000000774. The summed E-state index contributed by atoms with van der Waals surface area (Å²) in [6.45, 7) is 4.00. The second-order valence-electron chi connectivity index (χ2n) is 3.94. The Morgan fingerprint density at radius 1 is 1.29 bits per heavy atom. The van der Waals surface area contributed by atoms with Gasteiger partial charge in [-0.3, -0.25) is 9.78 Å². The second kappa shape index (κ2) is 6.58. The highest BCUT2D eigenvalue weighted by Gasteiger charge is 2.09. The summed E-state index contributed by atoms with van der Waals surface area (Å²) in [6.07, 6.45) is 3.21. The quantitative estimate of drug-likeness (QED) is 0.724.